The van der Waals surface area contributed by atoms with Crippen LogP contribution >= 0.6 is 0 Å². The van der Waals surface area contributed by atoms with Gasteiger partial charge in [0, 0.05) is 112 Å². The van der Waals surface area contributed by atoms with Crippen LogP contribution in [0.15, 0.2) is 133 Å². The fourth-order valence-corrected chi connectivity index (χ4v) is 14.7. The van der Waals surface area contributed by atoms with Crippen molar-refractivity contribution in [2.24, 2.45) is 5.92 Å². The fraction of sp³-hybridized carbons (Fsp3) is 0.426. The topological polar surface area (TPSA) is 94.9 Å². The molecule has 430 valence electrons. The molecule has 7 unspecified atom stereocenters. The zero-order chi connectivity index (χ0) is 57.6. The number of rotatable bonds is 22. The first-order valence-corrected chi connectivity index (χ1v) is 29.5. The van der Waals surface area contributed by atoms with E-state index in [0.29, 0.717) is 68.5 Å². The second-order valence-electron chi connectivity index (χ2n) is 24.1. The van der Waals surface area contributed by atoms with Crippen molar-refractivity contribution in [1.29, 1.82) is 0 Å². The van der Waals surface area contributed by atoms with Crippen LogP contribution in [0, 0.1) is 17.6 Å². The number of carbonyl (C=O) groups is 3. The molecule has 0 saturated carbocycles. The minimum atomic E-state index is -0.992. The molecule has 7 atom stereocenters. The first-order chi connectivity index (χ1) is 39.5. The van der Waals surface area contributed by atoms with Gasteiger partial charge in [0.2, 0.25) is 11.9 Å². The Kier molecular flexibility index (Phi) is 15.9. The van der Waals surface area contributed by atoms with Gasteiger partial charge in [-0.1, -0.05) is 72.8 Å². The van der Waals surface area contributed by atoms with Crippen LogP contribution in [0.3, 0.4) is 0 Å². The maximum atomic E-state index is 16.0. The van der Waals surface area contributed by atoms with Crippen molar-refractivity contribution in [2.45, 2.75) is 141 Å². The molecule has 6 aromatic carbocycles. The summed E-state index contributed by atoms with van der Waals surface area (Å²) in [4.78, 5) is 56.9. The zero-order valence-corrected chi connectivity index (χ0v) is 48.8. The molecule has 2 saturated heterocycles. The molecule has 3 amide bonds. The van der Waals surface area contributed by atoms with Crippen LogP contribution < -0.4 is 28.5 Å². The summed E-state index contributed by atoms with van der Waals surface area (Å²) in [6.45, 7) is 10.3. The Morgan fingerprint density at radius 3 is 1.91 bits per heavy atom. The van der Waals surface area contributed by atoms with Crippen LogP contribution in [-0.2, 0) is 53.3 Å². The van der Waals surface area contributed by atoms with E-state index in [9.17, 15) is 9.18 Å². The molecule has 0 aromatic heterocycles. The second-order valence-corrected chi connectivity index (χ2v) is 24.1. The van der Waals surface area contributed by atoms with Gasteiger partial charge in [0.1, 0.15) is 40.1 Å². The Hall–Kier alpha value is -7.45. The lowest BCUT2D eigenvalue weighted by atomic mass is 9.80. The third-order valence-corrected chi connectivity index (χ3v) is 18.3. The van der Waals surface area contributed by atoms with E-state index in [4.69, 9.17) is 14.2 Å². The standard InChI is InChI=1S/C68H79F2N6O6/c1-44(2)81-60-25-15-11-20-49(60)41-71(5)63(77)32-30-57(74-36-17-22-46-18-9-13-23-55(46)74)54(33-35-68(62-40-51-39-52(69)27-29-56(51)75(62)68)67(79)73(7)43-48-19-10-14-24-59(48)80-8)64-65(76(64)37-34-47-38-53(70)28-31-58(47)76)66(78)72(6)42-50-21-12-16-26-61(50)82-45(3)4/h9-16,18-21,23-29,31,38-39,44-45,54,57,62,64-65H,17,22,30,32-37,40-43H2,1-8H3/q+1. The number of nitrogens with zero attached hydrogens (tertiary/aromatic N) is 6. The number of halogens is 2. The van der Waals surface area contributed by atoms with Crippen molar-refractivity contribution >= 4 is 34.8 Å². The Labute approximate surface area is 482 Å². The van der Waals surface area contributed by atoms with Gasteiger partial charge in [-0.05, 0) is 132 Å². The molecule has 5 aliphatic rings. The van der Waals surface area contributed by atoms with Gasteiger partial charge in [-0.15, -0.1) is 0 Å². The highest BCUT2D eigenvalue weighted by Gasteiger charge is 2.78. The van der Waals surface area contributed by atoms with Gasteiger partial charge in [0.25, 0.3) is 11.8 Å². The highest BCUT2D eigenvalue weighted by Crippen LogP contribution is 2.61. The first kappa shape index (κ1) is 56.4. The summed E-state index contributed by atoms with van der Waals surface area (Å²) < 4.78 is 49.0. The van der Waals surface area contributed by atoms with Crippen molar-refractivity contribution in [1.82, 2.24) is 19.2 Å². The number of likely N-dealkylation sites (N-methyl/N-ethyl adjacent to an activating group) is 2. The highest BCUT2D eigenvalue weighted by molar-refractivity contribution is 6.00. The van der Waals surface area contributed by atoms with Crippen molar-refractivity contribution in [3.63, 3.8) is 0 Å². The first-order valence-electron chi connectivity index (χ1n) is 29.5. The molecule has 5 heterocycles. The van der Waals surface area contributed by atoms with Crippen molar-refractivity contribution in [2.75, 3.05) is 51.1 Å². The van der Waals surface area contributed by atoms with E-state index in [0.717, 1.165) is 75.8 Å². The molecule has 0 aliphatic carbocycles. The van der Waals surface area contributed by atoms with E-state index < -0.39 is 11.6 Å². The van der Waals surface area contributed by atoms with E-state index >= 15 is 14.0 Å². The molecule has 0 N–H and O–H groups in total. The molecule has 1 spiro atoms. The second kappa shape index (κ2) is 23.1. The zero-order valence-electron chi connectivity index (χ0n) is 48.8. The Bertz CT molecular complexity index is 3350. The number of fused-ring (bicyclic) bond motifs is 6. The molecule has 0 radical (unpaired) electrons. The van der Waals surface area contributed by atoms with Gasteiger partial charge in [-0.25, -0.2) is 8.78 Å². The molecule has 12 nitrogen and oxygen atoms in total. The van der Waals surface area contributed by atoms with Gasteiger partial charge in [-0.2, -0.15) is 0 Å². The van der Waals surface area contributed by atoms with Gasteiger partial charge in [0.05, 0.1) is 31.9 Å². The number of hydrogen-bond acceptors (Lipinski definition) is 8. The number of anilines is 2. The average Bonchev–Trinajstić information content (AvgIpc) is 2.16. The van der Waals surface area contributed by atoms with Crippen LogP contribution in [0.2, 0.25) is 0 Å². The largest absolute Gasteiger partial charge is 0.496 e. The van der Waals surface area contributed by atoms with Crippen LogP contribution in [0.1, 0.15) is 93.2 Å². The number of amides is 3. The summed E-state index contributed by atoms with van der Waals surface area (Å²) in [7, 11) is 7.22. The quantitative estimate of drug-likeness (QED) is 0.0490. The fourth-order valence-electron chi connectivity index (χ4n) is 14.7. The predicted molar refractivity (Wildman–Crippen MR) is 318 cm³/mol. The predicted octanol–water partition coefficient (Wildman–Crippen LogP) is 11.3. The highest BCUT2D eigenvalue weighted by atomic mass is 19.1. The number of aryl methyl sites for hydroxylation is 1. The molecule has 82 heavy (non-hydrogen) atoms. The van der Waals surface area contributed by atoms with E-state index in [1.165, 1.54) is 17.7 Å². The maximum Gasteiger partial charge on any atom is 0.287 e. The Balaban J connectivity index is 1.03. The summed E-state index contributed by atoms with van der Waals surface area (Å²) in [5, 5.41) is 0. The number of benzene rings is 6. The molecular weight excluding hydrogens is 1030 g/mol. The summed E-state index contributed by atoms with van der Waals surface area (Å²) >= 11 is 0. The number of para-hydroxylation sites is 4. The summed E-state index contributed by atoms with van der Waals surface area (Å²) in [6, 6.07) is 40.7. The maximum absolute atomic E-state index is 16.0. The third kappa shape index (κ3) is 10.6. The van der Waals surface area contributed by atoms with Crippen LogP contribution in [0.4, 0.5) is 25.8 Å². The van der Waals surface area contributed by atoms with Crippen LogP contribution in [-0.4, -0.2) is 116 Å². The Morgan fingerprint density at radius 2 is 1.24 bits per heavy atom. The Morgan fingerprint density at radius 1 is 0.659 bits per heavy atom. The third-order valence-electron chi connectivity index (χ3n) is 18.3. The van der Waals surface area contributed by atoms with Gasteiger partial charge in [-0.3, -0.25) is 18.9 Å². The van der Waals surface area contributed by atoms with E-state index in [2.05, 4.69) is 34.1 Å². The lowest BCUT2D eigenvalue weighted by Crippen LogP contribution is -2.49. The smallest absolute Gasteiger partial charge is 0.287 e. The summed E-state index contributed by atoms with van der Waals surface area (Å²) in [5.41, 5.74) is 7.64. The summed E-state index contributed by atoms with van der Waals surface area (Å²) in [5.74, 6) is 1.19. The molecule has 0 bridgehead atoms. The summed E-state index contributed by atoms with van der Waals surface area (Å²) in [6.07, 6.45) is 4.45. The van der Waals surface area contributed by atoms with Crippen LogP contribution in [0.5, 0.6) is 17.2 Å². The van der Waals surface area contributed by atoms with Gasteiger partial charge < -0.3 is 38.7 Å². The van der Waals surface area contributed by atoms with Crippen molar-refractivity contribution in [3.8, 4) is 17.2 Å². The molecule has 11 rings (SSSR count). The molecular formula is C68H79F2N6O6+. The van der Waals surface area contributed by atoms with Crippen molar-refractivity contribution < 1.29 is 37.4 Å². The number of ether oxygens (including phenoxy) is 3. The van der Waals surface area contributed by atoms with Gasteiger partial charge in [0.15, 0.2) is 6.04 Å². The number of hydrogen-bond donors (Lipinski definition) is 0. The van der Waals surface area contributed by atoms with Gasteiger partial charge >= 0.3 is 0 Å². The number of carbonyl (C=O) groups excluding carboxylic acids is 3. The minimum Gasteiger partial charge on any atom is -0.496 e. The molecule has 5 aliphatic heterocycles. The monoisotopic (exact) mass is 1110 g/mol. The van der Waals surface area contributed by atoms with E-state index in [-0.39, 0.29) is 72.0 Å². The number of methoxy groups -OCH3 is 1. The van der Waals surface area contributed by atoms with E-state index in [1.54, 1.807) is 24.1 Å². The SMILES string of the molecule is COc1ccccc1CN(C)C(=O)C1(CCC(C(CCC(=O)N(C)Cc2ccccc2OC(C)C)N2CCCc3ccccc32)C2C(C(=O)N(C)Cc3ccccc3OC(C)C)[N+]23CCc2cc(F)ccc23)C2Cc3cc(F)ccc3N21. The van der Waals surface area contributed by atoms with Crippen molar-refractivity contribution in [3.05, 3.63) is 178 Å². The lowest BCUT2D eigenvalue weighted by molar-refractivity contribution is -0.133. The normalized spacial score (nSPS) is 21.5. The van der Waals surface area contributed by atoms with E-state index in [1.807, 2.05) is 144 Å². The van der Waals surface area contributed by atoms with Crippen LogP contribution in [0.25, 0.3) is 0 Å². The minimum absolute atomic E-state index is 0.0130. The molecule has 2 fully saturated rings. The molecule has 6 aromatic rings. The number of quaternary nitrogens is 1. The lowest BCUT2D eigenvalue weighted by Gasteiger charge is -2.42. The average molecular weight is 1110 g/mol. The molecule has 14 heteroatoms.